The molecule has 0 bridgehead atoms. The van der Waals surface area contributed by atoms with Crippen molar-refractivity contribution < 1.29 is 4.79 Å². The average Bonchev–Trinajstić information content (AvgIpc) is 3.06. The number of carbonyl (C=O) groups excluding carboxylic acids is 1. The average molecular weight is 322 g/mol. The van der Waals surface area contributed by atoms with Crippen LogP contribution >= 0.6 is 0 Å². The third-order valence-electron chi connectivity index (χ3n) is 4.34. The number of fused-ring (bicyclic) bond motifs is 1. The van der Waals surface area contributed by atoms with Gasteiger partial charge in [-0.25, -0.2) is 9.50 Å². The first-order valence-corrected chi connectivity index (χ1v) is 7.98. The SMILES string of the molecule is CC(=O)c1cnc2ccc(N3CCN(c4ccncc4)CC3)nn12. The molecule has 0 saturated carbocycles. The van der Waals surface area contributed by atoms with Crippen LogP contribution in [0.4, 0.5) is 11.5 Å². The van der Waals surface area contributed by atoms with Gasteiger partial charge in [0, 0.05) is 51.2 Å². The first kappa shape index (κ1) is 14.6. The molecule has 0 aromatic carbocycles. The molecule has 1 saturated heterocycles. The molecule has 1 aliphatic heterocycles. The number of aromatic nitrogens is 4. The number of nitrogens with zero attached hydrogens (tertiary/aromatic N) is 6. The zero-order valence-electron chi connectivity index (χ0n) is 13.5. The Balaban J connectivity index is 1.54. The van der Waals surface area contributed by atoms with Crippen molar-refractivity contribution in [1.29, 1.82) is 0 Å². The topological polar surface area (TPSA) is 66.6 Å². The van der Waals surface area contributed by atoms with E-state index in [4.69, 9.17) is 0 Å². The molecule has 4 rings (SSSR count). The first-order chi connectivity index (χ1) is 11.7. The van der Waals surface area contributed by atoms with Crippen LogP contribution in [0.25, 0.3) is 5.65 Å². The summed E-state index contributed by atoms with van der Waals surface area (Å²) in [6.45, 7) is 5.14. The van der Waals surface area contributed by atoms with Crippen LogP contribution in [0.3, 0.4) is 0 Å². The number of imidazole rings is 1. The molecular weight excluding hydrogens is 304 g/mol. The van der Waals surface area contributed by atoms with Gasteiger partial charge in [-0.2, -0.15) is 0 Å². The van der Waals surface area contributed by atoms with Crippen molar-refractivity contribution in [1.82, 2.24) is 19.6 Å². The summed E-state index contributed by atoms with van der Waals surface area (Å²) in [5, 5.41) is 4.61. The lowest BCUT2D eigenvalue weighted by Crippen LogP contribution is -2.47. The highest BCUT2D eigenvalue weighted by atomic mass is 16.1. The molecule has 7 nitrogen and oxygen atoms in total. The zero-order valence-corrected chi connectivity index (χ0v) is 13.5. The Morgan fingerprint density at radius 3 is 2.42 bits per heavy atom. The minimum absolute atomic E-state index is 0.0327. The Hall–Kier alpha value is -2.96. The second-order valence-electron chi connectivity index (χ2n) is 5.84. The van der Waals surface area contributed by atoms with Gasteiger partial charge in [0.15, 0.2) is 11.4 Å². The van der Waals surface area contributed by atoms with E-state index in [9.17, 15) is 4.79 Å². The number of anilines is 2. The van der Waals surface area contributed by atoms with Gasteiger partial charge in [-0.1, -0.05) is 0 Å². The van der Waals surface area contributed by atoms with Crippen LogP contribution in [0.15, 0.2) is 42.9 Å². The number of hydrogen-bond acceptors (Lipinski definition) is 6. The molecule has 0 atom stereocenters. The Morgan fingerprint density at radius 1 is 1.00 bits per heavy atom. The number of hydrogen-bond donors (Lipinski definition) is 0. The van der Waals surface area contributed by atoms with Gasteiger partial charge in [0.2, 0.25) is 0 Å². The fourth-order valence-corrected chi connectivity index (χ4v) is 3.02. The third-order valence-corrected chi connectivity index (χ3v) is 4.34. The normalized spacial score (nSPS) is 15.0. The molecule has 1 aliphatic rings. The largest absolute Gasteiger partial charge is 0.368 e. The molecular formula is C17H18N6O. The summed E-state index contributed by atoms with van der Waals surface area (Å²) in [7, 11) is 0. The summed E-state index contributed by atoms with van der Waals surface area (Å²) >= 11 is 0. The van der Waals surface area contributed by atoms with Crippen molar-refractivity contribution in [3.8, 4) is 0 Å². The maximum absolute atomic E-state index is 11.7. The fraction of sp³-hybridized carbons (Fsp3) is 0.294. The molecule has 0 aliphatic carbocycles. The Labute approximate surface area is 139 Å². The van der Waals surface area contributed by atoms with Crippen LogP contribution in [0.1, 0.15) is 17.4 Å². The summed E-state index contributed by atoms with van der Waals surface area (Å²) < 4.78 is 1.63. The van der Waals surface area contributed by atoms with E-state index in [-0.39, 0.29) is 5.78 Å². The van der Waals surface area contributed by atoms with E-state index in [0.717, 1.165) is 32.0 Å². The predicted molar refractivity (Wildman–Crippen MR) is 91.7 cm³/mol. The molecule has 122 valence electrons. The molecule has 0 unspecified atom stereocenters. The van der Waals surface area contributed by atoms with Crippen molar-refractivity contribution in [3.63, 3.8) is 0 Å². The fourth-order valence-electron chi connectivity index (χ4n) is 3.02. The van der Waals surface area contributed by atoms with E-state index in [1.807, 2.05) is 36.7 Å². The van der Waals surface area contributed by atoms with Crippen molar-refractivity contribution in [2.75, 3.05) is 36.0 Å². The van der Waals surface area contributed by atoms with Crippen molar-refractivity contribution >= 4 is 22.9 Å². The highest BCUT2D eigenvalue weighted by Crippen LogP contribution is 2.19. The molecule has 4 heterocycles. The number of rotatable bonds is 3. The summed E-state index contributed by atoms with van der Waals surface area (Å²) in [4.78, 5) is 24.6. The molecule has 24 heavy (non-hydrogen) atoms. The van der Waals surface area contributed by atoms with Crippen molar-refractivity contribution in [2.24, 2.45) is 0 Å². The lowest BCUT2D eigenvalue weighted by Gasteiger charge is -2.36. The van der Waals surface area contributed by atoms with Gasteiger partial charge in [-0.3, -0.25) is 9.78 Å². The number of carbonyl (C=O) groups is 1. The standard InChI is InChI=1S/C17H18N6O/c1-13(24)15-12-19-16-2-3-17(20-23(15)16)22-10-8-21(9-11-22)14-4-6-18-7-5-14/h2-7,12H,8-11H2,1H3. The van der Waals surface area contributed by atoms with Crippen LogP contribution in [0, 0.1) is 0 Å². The van der Waals surface area contributed by atoms with Gasteiger partial charge in [0.1, 0.15) is 11.5 Å². The Kier molecular flexibility index (Phi) is 3.60. The lowest BCUT2D eigenvalue weighted by molar-refractivity contribution is 0.101. The van der Waals surface area contributed by atoms with Gasteiger partial charge >= 0.3 is 0 Å². The molecule has 3 aromatic rings. The smallest absolute Gasteiger partial charge is 0.179 e. The summed E-state index contributed by atoms with van der Waals surface area (Å²) in [5.41, 5.74) is 2.41. The third kappa shape index (κ3) is 2.58. The van der Waals surface area contributed by atoms with Crippen LogP contribution in [0.2, 0.25) is 0 Å². The zero-order chi connectivity index (χ0) is 16.5. The lowest BCUT2D eigenvalue weighted by atomic mass is 10.2. The number of pyridine rings is 1. The quantitative estimate of drug-likeness (QED) is 0.683. The first-order valence-electron chi connectivity index (χ1n) is 7.98. The van der Waals surface area contributed by atoms with E-state index in [1.165, 1.54) is 12.6 Å². The summed E-state index contributed by atoms with van der Waals surface area (Å²) in [6.07, 6.45) is 5.22. The maximum Gasteiger partial charge on any atom is 0.179 e. The molecule has 0 N–H and O–H groups in total. The molecule has 7 heteroatoms. The van der Waals surface area contributed by atoms with Gasteiger partial charge in [0.05, 0.1) is 6.20 Å². The van der Waals surface area contributed by atoms with E-state index < -0.39 is 0 Å². The molecule has 1 fully saturated rings. The van der Waals surface area contributed by atoms with Crippen molar-refractivity contribution in [2.45, 2.75) is 6.92 Å². The second-order valence-corrected chi connectivity index (χ2v) is 5.84. The molecule has 0 spiro atoms. The van der Waals surface area contributed by atoms with Crippen molar-refractivity contribution in [3.05, 3.63) is 48.5 Å². The Bertz CT molecular complexity index is 867. The van der Waals surface area contributed by atoms with Gasteiger partial charge < -0.3 is 9.80 Å². The maximum atomic E-state index is 11.7. The highest BCUT2D eigenvalue weighted by Gasteiger charge is 2.19. The van der Waals surface area contributed by atoms with Crippen LogP contribution in [0.5, 0.6) is 0 Å². The van der Waals surface area contributed by atoms with Gasteiger partial charge in [-0.15, -0.1) is 5.10 Å². The minimum atomic E-state index is -0.0327. The van der Waals surface area contributed by atoms with E-state index in [2.05, 4.69) is 24.9 Å². The molecule has 3 aromatic heterocycles. The van der Waals surface area contributed by atoms with Crippen LogP contribution in [-0.2, 0) is 0 Å². The number of Topliss-reactive ketones (excluding diaryl/α,β-unsaturated/α-hetero) is 1. The van der Waals surface area contributed by atoms with E-state index in [1.54, 1.807) is 10.7 Å². The molecule has 0 radical (unpaired) electrons. The highest BCUT2D eigenvalue weighted by molar-refractivity contribution is 5.92. The number of piperazine rings is 1. The number of ketones is 1. The monoisotopic (exact) mass is 322 g/mol. The van der Waals surface area contributed by atoms with E-state index in [0.29, 0.717) is 11.3 Å². The minimum Gasteiger partial charge on any atom is -0.368 e. The summed E-state index contributed by atoms with van der Waals surface area (Å²) in [5.74, 6) is 0.840. The predicted octanol–water partition coefficient (Wildman–Crippen LogP) is 1.65. The van der Waals surface area contributed by atoms with Gasteiger partial charge in [0.25, 0.3) is 0 Å². The summed E-state index contributed by atoms with van der Waals surface area (Å²) in [6, 6.07) is 7.94. The van der Waals surface area contributed by atoms with E-state index >= 15 is 0 Å². The molecule has 0 amide bonds. The van der Waals surface area contributed by atoms with Crippen LogP contribution < -0.4 is 9.80 Å². The second kappa shape index (κ2) is 5.92. The van der Waals surface area contributed by atoms with Crippen LogP contribution in [-0.4, -0.2) is 51.5 Å². The van der Waals surface area contributed by atoms with Gasteiger partial charge in [-0.05, 0) is 24.3 Å². The Morgan fingerprint density at radius 2 is 1.71 bits per heavy atom.